The van der Waals surface area contributed by atoms with Crippen LogP contribution in [0.5, 0.6) is 5.75 Å². The Morgan fingerprint density at radius 3 is 2.55 bits per heavy atom. The average Bonchev–Trinajstić information content (AvgIpc) is 3.49. The van der Waals surface area contributed by atoms with E-state index in [4.69, 9.17) is 4.74 Å². The van der Waals surface area contributed by atoms with Gasteiger partial charge in [-0.25, -0.2) is 0 Å². The van der Waals surface area contributed by atoms with Gasteiger partial charge in [0.15, 0.2) is 5.96 Å². The van der Waals surface area contributed by atoms with E-state index in [1.165, 1.54) is 0 Å². The first kappa shape index (κ1) is 23.7. The topological polar surface area (TPSA) is 69.2 Å². The normalized spacial score (nSPS) is 18.6. The first-order valence-corrected chi connectivity index (χ1v) is 10.2. The van der Waals surface area contributed by atoms with Gasteiger partial charge in [-0.2, -0.15) is 0 Å². The van der Waals surface area contributed by atoms with E-state index in [1.807, 2.05) is 25.2 Å². The number of nitrogens with one attached hydrogen (secondary N) is 2. The molecule has 1 aromatic carbocycles. The second-order valence-electron chi connectivity index (χ2n) is 7.73. The largest absolute Gasteiger partial charge is 0.489 e. The van der Waals surface area contributed by atoms with Crippen LogP contribution in [0.15, 0.2) is 29.3 Å². The molecule has 162 valence electrons. The van der Waals surface area contributed by atoms with Gasteiger partial charge in [0, 0.05) is 39.3 Å². The summed E-state index contributed by atoms with van der Waals surface area (Å²) in [5.74, 6) is 1.97. The molecule has 8 heteroatoms. The molecule has 1 aromatic rings. The zero-order chi connectivity index (χ0) is 19.9. The van der Waals surface area contributed by atoms with Crippen molar-refractivity contribution in [2.45, 2.75) is 38.8 Å². The molecule has 2 aliphatic rings. The summed E-state index contributed by atoms with van der Waals surface area (Å²) in [5.41, 5.74) is 1.14. The molecule has 1 amide bonds. The SMILES string of the molecule is CN=C(NCC(C)Oc1ccccc1C)N1CCN(CC(=O)NC2CC2)CC1.I. The number of benzene rings is 1. The number of rotatable bonds is 7. The van der Waals surface area contributed by atoms with Crippen LogP contribution in [0.4, 0.5) is 0 Å². The maximum Gasteiger partial charge on any atom is 0.234 e. The quantitative estimate of drug-likeness (QED) is 0.330. The lowest BCUT2D eigenvalue weighted by Crippen LogP contribution is -2.54. The summed E-state index contributed by atoms with van der Waals surface area (Å²) in [6.07, 6.45) is 2.30. The lowest BCUT2D eigenvalue weighted by molar-refractivity contribution is -0.122. The highest BCUT2D eigenvalue weighted by molar-refractivity contribution is 14.0. The van der Waals surface area contributed by atoms with Gasteiger partial charge in [-0.05, 0) is 38.3 Å². The van der Waals surface area contributed by atoms with E-state index in [-0.39, 0.29) is 36.0 Å². The Balaban J connectivity index is 0.00000300. The van der Waals surface area contributed by atoms with Crippen LogP contribution in [0, 0.1) is 6.92 Å². The zero-order valence-electron chi connectivity index (χ0n) is 17.7. The fourth-order valence-electron chi connectivity index (χ4n) is 3.34. The highest BCUT2D eigenvalue weighted by atomic mass is 127. The Morgan fingerprint density at radius 1 is 1.24 bits per heavy atom. The second kappa shape index (κ2) is 11.6. The Bertz CT molecular complexity index is 687. The fraction of sp³-hybridized carbons (Fsp3) is 0.619. The van der Waals surface area contributed by atoms with E-state index in [0.717, 1.165) is 56.3 Å². The highest BCUT2D eigenvalue weighted by Gasteiger charge is 2.26. The number of piperazine rings is 1. The van der Waals surface area contributed by atoms with Gasteiger partial charge in [0.1, 0.15) is 11.9 Å². The molecule has 1 saturated carbocycles. The standard InChI is InChI=1S/C21H33N5O2.HI/c1-16-6-4-5-7-19(16)28-17(2)14-23-21(22-3)26-12-10-25(11-13-26)15-20(27)24-18-8-9-18;/h4-7,17-18H,8-15H2,1-3H3,(H,22,23)(H,24,27);1H. The molecule has 0 spiro atoms. The smallest absolute Gasteiger partial charge is 0.234 e. The van der Waals surface area contributed by atoms with Gasteiger partial charge in [0.2, 0.25) is 5.91 Å². The van der Waals surface area contributed by atoms with Crippen molar-refractivity contribution >= 4 is 35.8 Å². The lowest BCUT2D eigenvalue weighted by Gasteiger charge is -2.36. The number of ether oxygens (including phenoxy) is 1. The number of guanidine groups is 1. The van der Waals surface area contributed by atoms with E-state index in [1.54, 1.807) is 0 Å². The third-order valence-corrected chi connectivity index (χ3v) is 5.16. The number of carbonyl (C=O) groups is 1. The highest BCUT2D eigenvalue weighted by Crippen LogP contribution is 2.18. The fourth-order valence-corrected chi connectivity index (χ4v) is 3.34. The molecule has 1 atom stereocenters. The molecular formula is C21H34IN5O2. The average molecular weight is 515 g/mol. The van der Waals surface area contributed by atoms with Crippen molar-refractivity contribution in [3.63, 3.8) is 0 Å². The van der Waals surface area contributed by atoms with Crippen LogP contribution >= 0.6 is 24.0 Å². The number of para-hydroxylation sites is 1. The molecule has 7 nitrogen and oxygen atoms in total. The molecular weight excluding hydrogens is 481 g/mol. The maximum absolute atomic E-state index is 12.0. The van der Waals surface area contributed by atoms with E-state index >= 15 is 0 Å². The molecule has 3 rings (SSSR count). The molecule has 1 saturated heterocycles. The number of amides is 1. The van der Waals surface area contributed by atoms with Crippen molar-refractivity contribution in [3.05, 3.63) is 29.8 Å². The summed E-state index contributed by atoms with van der Waals surface area (Å²) in [7, 11) is 1.81. The van der Waals surface area contributed by atoms with Crippen molar-refractivity contribution in [2.75, 3.05) is 46.3 Å². The van der Waals surface area contributed by atoms with Crippen molar-refractivity contribution in [3.8, 4) is 5.75 Å². The van der Waals surface area contributed by atoms with Gasteiger partial charge >= 0.3 is 0 Å². The Kier molecular flexibility index (Phi) is 9.48. The molecule has 2 N–H and O–H groups in total. The zero-order valence-corrected chi connectivity index (χ0v) is 20.0. The van der Waals surface area contributed by atoms with Gasteiger partial charge in [0.25, 0.3) is 0 Å². The van der Waals surface area contributed by atoms with Gasteiger partial charge in [-0.15, -0.1) is 24.0 Å². The molecule has 1 heterocycles. The van der Waals surface area contributed by atoms with Crippen molar-refractivity contribution < 1.29 is 9.53 Å². The molecule has 0 bridgehead atoms. The second-order valence-corrected chi connectivity index (χ2v) is 7.73. The van der Waals surface area contributed by atoms with E-state index < -0.39 is 0 Å². The summed E-state index contributed by atoms with van der Waals surface area (Å²) >= 11 is 0. The predicted octanol–water partition coefficient (Wildman–Crippen LogP) is 1.85. The molecule has 29 heavy (non-hydrogen) atoms. The Hall–Kier alpha value is -1.55. The number of halogens is 1. The third kappa shape index (κ3) is 7.65. The van der Waals surface area contributed by atoms with Crippen LogP contribution in [0.2, 0.25) is 0 Å². The molecule has 1 aliphatic carbocycles. The van der Waals surface area contributed by atoms with Crippen LogP contribution in [0.25, 0.3) is 0 Å². The predicted molar refractivity (Wildman–Crippen MR) is 127 cm³/mol. The van der Waals surface area contributed by atoms with E-state index in [2.05, 4.69) is 45.3 Å². The number of aryl methyl sites for hydroxylation is 1. The Labute approximate surface area is 191 Å². The first-order chi connectivity index (χ1) is 13.5. The number of carbonyl (C=O) groups excluding carboxylic acids is 1. The van der Waals surface area contributed by atoms with Crippen LogP contribution in [0.3, 0.4) is 0 Å². The monoisotopic (exact) mass is 515 g/mol. The van der Waals surface area contributed by atoms with Crippen LogP contribution in [0.1, 0.15) is 25.3 Å². The molecule has 0 aromatic heterocycles. The summed E-state index contributed by atoms with van der Waals surface area (Å²) in [5, 5.41) is 6.48. The van der Waals surface area contributed by atoms with Gasteiger partial charge < -0.3 is 20.3 Å². The Morgan fingerprint density at radius 2 is 1.93 bits per heavy atom. The van der Waals surface area contributed by atoms with Gasteiger partial charge in [-0.3, -0.25) is 14.7 Å². The minimum Gasteiger partial charge on any atom is -0.489 e. The number of nitrogens with zero attached hydrogens (tertiary/aromatic N) is 3. The summed E-state index contributed by atoms with van der Waals surface area (Å²) in [6.45, 7) is 8.76. The number of hydrogen-bond acceptors (Lipinski definition) is 4. The molecule has 1 unspecified atom stereocenters. The van der Waals surface area contributed by atoms with Crippen molar-refractivity contribution in [2.24, 2.45) is 4.99 Å². The minimum absolute atomic E-state index is 0. The molecule has 2 fully saturated rings. The van der Waals surface area contributed by atoms with Crippen molar-refractivity contribution in [1.82, 2.24) is 20.4 Å². The van der Waals surface area contributed by atoms with Crippen LogP contribution in [-0.2, 0) is 4.79 Å². The minimum atomic E-state index is 0. The maximum atomic E-state index is 12.0. The van der Waals surface area contributed by atoms with Crippen LogP contribution < -0.4 is 15.4 Å². The summed E-state index contributed by atoms with van der Waals surface area (Å²) < 4.78 is 6.04. The van der Waals surface area contributed by atoms with Crippen molar-refractivity contribution in [1.29, 1.82) is 0 Å². The summed E-state index contributed by atoms with van der Waals surface area (Å²) in [4.78, 5) is 20.8. The van der Waals surface area contributed by atoms with E-state index in [0.29, 0.717) is 19.1 Å². The lowest BCUT2D eigenvalue weighted by atomic mass is 10.2. The van der Waals surface area contributed by atoms with Crippen LogP contribution in [-0.4, -0.2) is 80.1 Å². The van der Waals surface area contributed by atoms with Gasteiger partial charge in [0.05, 0.1) is 13.1 Å². The summed E-state index contributed by atoms with van der Waals surface area (Å²) in [6, 6.07) is 8.49. The number of aliphatic imine (C=N–C) groups is 1. The third-order valence-electron chi connectivity index (χ3n) is 5.16. The molecule has 0 radical (unpaired) electrons. The van der Waals surface area contributed by atoms with E-state index in [9.17, 15) is 4.79 Å². The first-order valence-electron chi connectivity index (χ1n) is 10.2. The number of hydrogen-bond donors (Lipinski definition) is 2. The molecule has 1 aliphatic heterocycles. The van der Waals surface area contributed by atoms with Gasteiger partial charge in [-0.1, -0.05) is 18.2 Å².